The van der Waals surface area contributed by atoms with E-state index in [1.807, 2.05) is 6.07 Å². The fraction of sp³-hybridized carbons (Fsp3) is 0.636. The van der Waals surface area contributed by atoms with E-state index in [-0.39, 0.29) is 6.61 Å². The molecule has 15 heavy (non-hydrogen) atoms. The summed E-state index contributed by atoms with van der Waals surface area (Å²) in [5.74, 6) is 1.32. The first-order valence-electron chi connectivity index (χ1n) is 5.35. The van der Waals surface area contributed by atoms with Crippen LogP contribution in [-0.2, 0) is 6.54 Å². The second-order valence-corrected chi connectivity index (χ2v) is 4.50. The first-order valence-corrected chi connectivity index (χ1v) is 5.73. The molecule has 1 aromatic rings. The molecule has 3 nitrogen and oxygen atoms in total. The Hall–Kier alpha value is -0.510. The molecule has 0 aromatic carbocycles. The molecule has 0 bridgehead atoms. The largest absolute Gasteiger partial charge is 0.448 e. The van der Waals surface area contributed by atoms with Crippen LogP contribution in [0.15, 0.2) is 16.5 Å². The number of halogens is 1. The van der Waals surface area contributed by atoms with Gasteiger partial charge in [0.25, 0.3) is 0 Å². The lowest BCUT2D eigenvalue weighted by atomic mass is 9.99. The number of aliphatic hydroxyl groups is 1. The predicted octanol–water partition coefficient (Wildman–Crippen LogP) is 2.14. The Balaban J connectivity index is 1.88. The molecular weight excluding hydrogens is 214 g/mol. The van der Waals surface area contributed by atoms with Gasteiger partial charge >= 0.3 is 0 Å². The Morgan fingerprint density at radius 2 is 2.40 bits per heavy atom. The third-order valence-electron chi connectivity index (χ3n) is 2.87. The highest BCUT2D eigenvalue weighted by Gasteiger charge is 2.19. The predicted molar refractivity (Wildman–Crippen MR) is 58.8 cm³/mol. The maximum absolute atomic E-state index is 9.11. The van der Waals surface area contributed by atoms with Crippen molar-refractivity contribution in [3.63, 3.8) is 0 Å². The van der Waals surface area contributed by atoms with Crippen LogP contribution in [0.4, 0.5) is 0 Å². The minimum Gasteiger partial charge on any atom is -0.448 e. The second-order valence-electron chi connectivity index (χ2n) is 4.13. The second kappa shape index (κ2) is 5.01. The highest BCUT2D eigenvalue weighted by atomic mass is 35.5. The van der Waals surface area contributed by atoms with Crippen LogP contribution in [0.25, 0.3) is 0 Å². The number of hydrogen-bond acceptors (Lipinski definition) is 3. The number of piperidine rings is 1. The average molecular weight is 230 g/mol. The molecule has 1 fully saturated rings. The molecule has 4 heteroatoms. The summed E-state index contributed by atoms with van der Waals surface area (Å²) in [5, 5.41) is 9.55. The Labute approximate surface area is 94.6 Å². The first-order chi connectivity index (χ1) is 7.28. The fourth-order valence-corrected chi connectivity index (χ4v) is 2.26. The fourth-order valence-electron chi connectivity index (χ4n) is 2.10. The summed E-state index contributed by atoms with van der Waals surface area (Å²) < 4.78 is 5.32. The molecule has 2 heterocycles. The molecule has 84 valence electrons. The van der Waals surface area contributed by atoms with Gasteiger partial charge in [-0.1, -0.05) is 0 Å². The van der Waals surface area contributed by atoms with Gasteiger partial charge in [0, 0.05) is 13.2 Å². The Bertz CT molecular complexity index is 313. The lowest BCUT2D eigenvalue weighted by Crippen LogP contribution is -2.36. The molecule has 1 aliphatic heterocycles. The zero-order chi connectivity index (χ0) is 10.7. The van der Waals surface area contributed by atoms with Crippen molar-refractivity contribution < 1.29 is 9.52 Å². The van der Waals surface area contributed by atoms with Crippen LogP contribution in [0, 0.1) is 5.92 Å². The van der Waals surface area contributed by atoms with Crippen LogP contribution in [0.2, 0.25) is 5.22 Å². The number of hydrogen-bond donors (Lipinski definition) is 1. The van der Waals surface area contributed by atoms with E-state index in [2.05, 4.69) is 4.90 Å². The van der Waals surface area contributed by atoms with E-state index in [4.69, 9.17) is 21.1 Å². The molecule has 1 atom stereocenters. The normalized spacial score (nSPS) is 23.2. The van der Waals surface area contributed by atoms with E-state index >= 15 is 0 Å². The molecule has 1 aromatic heterocycles. The van der Waals surface area contributed by atoms with E-state index in [9.17, 15) is 0 Å². The van der Waals surface area contributed by atoms with Crippen molar-refractivity contribution in [1.29, 1.82) is 0 Å². The summed E-state index contributed by atoms with van der Waals surface area (Å²) in [6.45, 7) is 3.11. The van der Waals surface area contributed by atoms with Crippen molar-refractivity contribution in [2.75, 3.05) is 19.7 Å². The molecular formula is C11H16ClNO2. The highest BCUT2D eigenvalue weighted by Crippen LogP contribution is 2.20. The summed E-state index contributed by atoms with van der Waals surface area (Å²) in [5.41, 5.74) is 0. The van der Waals surface area contributed by atoms with Crippen molar-refractivity contribution in [1.82, 2.24) is 4.90 Å². The maximum atomic E-state index is 9.11. The molecule has 1 N–H and O–H groups in total. The molecule has 1 aliphatic rings. The van der Waals surface area contributed by atoms with Crippen LogP contribution in [0.1, 0.15) is 18.6 Å². The van der Waals surface area contributed by atoms with Gasteiger partial charge in [0.15, 0.2) is 5.22 Å². The Kier molecular flexibility index (Phi) is 3.67. The van der Waals surface area contributed by atoms with Gasteiger partial charge in [0.05, 0.1) is 6.54 Å². The quantitative estimate of drug-likeness (QED) is 0.863. The summed E-state index contributed by atoms with van der Waals surface area (Å²) in [7, 11) is 0. The van der Waals surface area contributed by atoms with Gasteiger partial charge in [-0.2, -0.15) is 0 Å². The zero-order valence-corrected chi connectivity index (χ0v) is 9.41. The summed E-state index contributed by atoms with van der Waals surface area (Å²) in [6, 6.07) is 3.68. The SMILES string of the molecule is OCC1CCCN(Cc2ccc(Cl)o2)C1. The summed E-state index contributed by atoms with van der Waals surface area (Å²) in [6.07, 6.45) is 2.28. The van der Waals surface area contributed by atoms with Gasteiger partial charge in [0.2, 0.25) is 0 Å². The Morgan fingerprint density at radius 3 is 3.07 bits per heavy atom. The number of furan rings is 1. The molecule has 1 unspecified atom stereocenters. The summed E-state index contributed by atoms with van der Waals surface area (Å²) in [4.78, 5) is 2.31. The standard InChI is InChI=1S/C11H16ClNO2/c12-11-4-3-10(15-11)7-13-5-1-2-9(6-13)8-14/h3-4,9,14H,1-2,5-8H2. The lowest BCUT2D eigenvalue weighted by molar-refractivity contribution is 0.110. The van der Waals surface area contributed by atoms with Gasteiger partial charge in [-0.15, -0.1) is 0 Å². The van der Waals surface area contributed by atoms with Crippen molar-refractivity contribution in [2.45, 2.75) is 19.4 Å². The van der Waals surface area contributed by atoms with Crippen molar-refractivity contribution in [3.8, 4) is 0 Å². The van der Waals surface area contributed by atoms with Crippen LogP contribution >= 0.6 is 11.6 Å². The van der Waals surface area contributed by atoms with Crippen LogP contribution in [0.5, 0.6) is 0 Å². The minimum atomic E-state index is 0.287. The molecule has 0 aliphatic carbocycles. The minimum absolute atomic E-state index is 0.287. The van der Waals surface area contributed by atoms with Gasteiger partial charge in [0.1, 0.15) is 5.76 Å². The zero-order valence-electron chi connectivity index (χ0n) is 8.66. The molecule has 0 spiro atoms. The monoisotopic (exact) mass is 229 g/mol. The van der Waals surface area contributed by atoms with Gasteiger partial charge in [-0.3, -0.25) is 4.90 Å². The molecule has 2 rings (SSSR count). The number of rotatable bonds is 3. The van der Waals surface area contributed by atoms with Crippen LogP contribution in [-0.4, -0.2) is 29.7 Å². The van der Waals surface area contributed by atoms with Gasteiger partial charge in [-0.25, -0.2) is 0 Å². The third kappa shape index (κ3) is 2.97. The topological polar surface area (TPSA) is 36.6 Å². The molecule has 0 radical (unpaired) electrons. The molecule has 0 amide bonds. The van der Waals surface area contributed by atoms with E-state index < -0.39 is 0 Å². The van der Waals surface area contributed by atoms with E-state index in [0.29, 0.717) is 11.1 Å². The smallest absolute Gasteiger partial charge is 0.193 e. The first kappa shape index (κ1) is 11.0. The average Bonchev–Trinajstić information content (AvgIpc) is 2.64. The number of likely N-dealkylation sites (tertiary alicyclic amines) is 1. The Morgan fingerprint density at radius 1 is 1.53 bits per heavy atom. The van der Waals surface area contributed by atoms with Gasteiger partial charge < -0.3 is 9.52 Å². The van der Waals surface area contributed by atoms with Crippen LogP contribution < -0.4 is 0 Å². The number of aliphatic hydroxyl groups excluding tert-OH is 1. The lowest BCUT2D eigenvalue weighted by Gasteiger charge is -2.30. The van der Waals surface area contributed by atoms with Gasteiger partial charge in [-0.05, 0) is 49.0 Å². The number of nitrogens with zero attached hydrogens (tertiary/aromatic N) is 1. The highest BCUT2D eigenvalue weighted by molar-refractivity contribution is 6.28. The van der Waals surface area contributed by atoms with E-state index in [1.54, 1.807) is 6.07 Å². The van der Waals surface area contributed by atoms with Crippen molar-refractivity contribution in [3.05, 3.63) is 23.1 Å². The summed E-state index contributed by atoms with van der Waals surface area (Å²) >= 11 is 5.71. The van der Waals surface area contributed by atoms with E-state index in [1.165, 1.54) is 0 Å². The maximum Gasteiger partial charge on any atom is 0.193 e. The van der Waals surface area contributed by atoms with Crippen molar-refractivity contribution >= 4 is 11.6 Å². The van der Waals surface area contributed by atoms with Crippen LogP contribution in [0.3, 0.4) is 0 Å². The molecule has 0 saturated carbocycles. The van der Waals surface area contributed by atoms with E-state index in [0.717, 1.165) is 38.2 Å². The third-order valence-corrected chi connectivity index (χ3v) is 3.07. The molecule has 1 saturated heterocycles. The van der Waals surface area contributed by atoms with Crippen molar-refractivity contribution in [2.24, 2.45) is 5.92 Å².